The lowest BCUT2D eigenvalue weighted by Crippen LogP contribution is -2.13. The zero-order valence-electron chi connectivity index (χ0n) is 16.6. The Morgan fingerprint density at radius 3 is 1.64 bits per heavy atom. The first-order chi connectivity index (χ1) is 12.0. The van der Waals surface area contributed by atoms with E-state index in [0.717, 1.165) is 13.0 Å². The van der Waals surface area contributed by atoms with Gasteiger partial charge in [-0.2, -0.15) is 0 Å². The molecule has 0 unspecified atom stereocenters. The first-order valence-corrected chi connectivity index (χ1v) is 9.49. The molecule has 0 fully saturated rings. The van der Waals surface area contributed by atoms with E-state index in [2.05, 4.69) is 13.8 Å². The van der Waals surface area contributed by atoms with E-state index in [1.807, 2.05) is 13.8 Å². The van der Waals surface area contributed by atoms with Crippen molar-refractivity contribution in [1.29, 1.82) is 0 Å². The van der Waals surface area contributed by atoms with Crippen molar-refractivity contribution in [3.63, 3.8) is 0 Å². The van der Waals surface area contributed by atoms with Crippen LogP contribution in [0.2, 0.25) is 0 Å². The molecule has 0 heterocycles. The maximum atomic E-state index is 11.4. The third kappa shape index (κ3) is 21.3. The van der Waals surface area contributed by atoms with Crippen LogP contribution in [0.4, 0.5) is 0 Å². The van der Waals surface area contributed by atoms with Gasteiger partial charge < -0.3 is 23.7 Å². The minimum absolute atomic E-state index is 0.154. The normalized spacial score (nSPS) is 11.4. The smallest absolute Gasteiger partial charge is 0.305 e. The SMILES string of the molecule is CC(C)CCOCCOCCOCCOCCCC(=O)OCC(C)C. The largest absolute Gasteiger partial charge is 0.465 e. The molecule has 0 saturated heterocycles. The zero-order chi connectivity index (χ0) is 18.8. The van der Waals surface area contributed by atoms with Crippen molar-refractivity contribution in [1.82, 2.24) is 0 Å². The van der Waals surface area contributed by atoms with Crippen molar-refractivity contribution in [3.8, 4) is 0 Å². The Balaban J connectivity index is 3.10. The van der Waals surface area contributed by atoms with Gasteiger partial charge in [-0.1, -0.05) is 27.7 Å². The molecule has 0 N–H and O–H groups in total. The first kappa shape index (κ1) is 24.3. The van der Waals surface area contributed by atoms with Gasteiger partial charge in [0, 0.05) is 19.6 Å². The second-order valence-electron chi connectivity index (χ2n) is 6.81. The van der Waals surface area contributed by atoms with E-state index in [0.29, 0.717) is 77.5 Å². The van der Waals surface area contributed by atoms with E-state index in [1.54, 1.807) is 0 Å². The van der Waals surface area contributed by atoms with Gasteiger partial charge in [0.2, 0.25) is 0 Å². The third-order valence-corrected chi connectivity index (χ3v) is 3.20. The van der Waals surface area contributed by atoms with Crippen LogP contribution in [-0.2, 0) is 28.5 Å². The Bertz CT molecular complexity index is 294. The quantitative estimate of drug-likeness (QED) is 0.276. The molecule has 25 heavy (non-hydrogen) atoms. The van der Waals surface area contributed by atoms with E-state index in [-0.39, 0.29) is 5.97 Å². The first-order valence-electron chi connectivity index (χ1n) is 9.49. The summed E-state index contributed by atoms with van der Waals surface area (Å²) in [5.74, 6) is 0.896. The van der Waals surface area contributed by atoms with E-state index >= 15 is 0 Å². The maximum Gasteiger partial charge on any atom is 0.305 e. The Morgan fingerprint density at radius 1 is 0.680 bits per heavy atom. The summed E-state index contributed by atoms with van der Waals surface area (Å²) in [5, 5.41) is 0. The van der Waals surface area contributed by atoms with Crippen LogP contribution in [-0.4, -0.2) is 65.4 Å². The summed E-state index contributed by atoms with van der Waals surface area (Å²) >= 11 is 0. The lowest BCUT2D eigenvalue weighted by atomic mass is 10.1. The maximum absolute atomic E-state index is 11.4. The molecule has 0 bridgehead atoms. The van der Waals surface area contributed by atoms with Crippen molar-refractivity contribution in [2.75, 3.05) is 59.5 Å². The Labute approximate surface area is 153 Å². The Kier molecular flexibility index (Phi) is 17.6. The molecule has 0 atom stereocenters. The molecule has 0 aromatic carbocycles. The summed E-state index contributed by atoms with van der Waals surface area (Å²) in [6.45, 7) is 13.6. The van der Waals surface area contributed by atoms with Crippen LogP contribution in [0.3, 0.4) is 0 Å². The van der Waals surface area contributed by atoms with Crippen molar-refractivity contribution in [2.45, 2.75) is 47.0 Å². The minimum Gasteiger partial charge on any atom is -0.465 e. The highest BCUT2D eigenvalue weighted by Crippen LogP contribution is 1.99. The van der Waals surface area contributed by atoms with Gasteiger partial charge in [0.15, 0.2) is 0 Å². The molecule has 0 aliphatic rings. The average molecular weight is 363 g/mol. The summed E-state index contributed by atoms with van der Waals surface area (Å²) in [7, 11) is 0. The molecule has 0 aliphatic heterocycles. The number of rotatable bonds is 18. The molecule has 0 saturated carbocycles. The molecular formula is C19H38O6. The van der Waals surface area contributed by atoms with Crippen LogP contribution in [0, 0.1) is 11.8 Å². The van der Waals surface area contributed by atoms with Gasteiger partial charge in [0.1, 0.15) is 0 Å². The fourth-order valence-electron chi connectivity index (χ4n) is 1.73. The number of carbonyl (C=O) groups is 1. The standard InChI is InChI=1S/C19H38O6/c1-17(2)7-9-22-11-13-24-15-14-23-12-10-21-8-5-6-19(20)25-16-18(3)4/h17-18H,5-16H2,1-4H3. The fraction of sp³-hybridized carbons (Fsp3) is 0.947. The van der Waals surface area contributed by atoms with Gasteiger partial charge in [0.05, 0.1) is 46.2 Å². The predicted octanol–water partition coefficient (Wildman–Crippen LogP) is 3.08. The molecule has 6 heteroatoms. The number of esters is 1. The van der Waals surface area contributed by atoms with Crippen molar-refractivity contribution < 1.29 is 28.5 Å². The summed E-state index contributed by atoms with van der Waals surface area (Å²) in [6.07, 6.45) is 2.17. The number of hydrogen-bond acceptors (Lipinski definition) is 6. The Hall–Kier alpha value is -0.690. The Morgan fingerprint density at radius 2 is 1.16 bits per heavy atom. The van der Waals surface area contributed by atoms with Crippen LogP contribution in [0.25, 0.3) is 0 Å². The summed E-state index contributed by atoms with van der Waals surface area (Å²) < 4.78 is 26.8. The van der Waals surface area contributed by atoms with Crippen LogP contribution < -0.4 is 0 Å². The average Bonchev–Trinajstić information content (AvgIpc) is 2.56. The van der Waals surface area contributed by atoms with Gasteiger partial charge in [-0.15, -0.1) is 0 Å². The monoisotopic (exact) mass is 362 g/mol. The molecular weight excluding hydrogens is 324 g/mol. The van der Waals surface area contributed by atoms with Crippen LogP contribution in [0.15, 0.2) is 0 Å². The van der Waals surface area contributed by atoms with Crippen LogP contribution in [0.1, 0.15) is 47.0 Å². The molecule has 0 aromatic rings. The van der Waals surface area contributed by atoms with Gasteiger partial charge in [-0.05, 0) is 24.7 Å². The zero-order valence-corrected chi connectivity index (χ0v) is 16.6. The fourth-order valence-corrected chi connectivity index (χ4v) is 1.73. The van der Waals surface area contributed by atoms with Crippen LogP contribution >= 0.6 is 0 Å². The molecule has 0 rings (SSSR count). The second kappa shape index (κ2) is 18.1. The molecule has 0 spiro atoms. The topological polar surface area (TPSA) is 63.2 Å². The lowest BCUT2D eigenvalue weighted by molar-refractivity contribution is -0.145. The predicted molar refractivity (Wildman–Crippen MR) is 97.8 cm³/mol. The minimum atomic E-state index is -0.154. The summed E-state index contributed by atoms with van der Waals surface area (Å²) in [4.78, 5) is 11.4. The molecule has 6 nitrogen and oxygen atoms in total. The highest BCUT2D eigenvalue weighted by atomic mass is 16.6. The summed E-state index contributed by atoms with van der Waals surface area (Å²) in [5.41, 5.74) is 0. The number of carbonyl (C=O) groups excluding carboxylic acids is 1. The van der Waals surface area contributed by atoms with Crippen LogP contribution in [0.5, 0.6) is 0 Å². The van der Waals surface area contributed by atoms with Gasteiger partial charge in [0.25, 0.3) is 0 Å². The van der Waals surface area contributed by atoms with Gasteiger partial charge in [-0.25, -0.2) is 0 Å². The van der Waals surface area contributed by atoms with Gasteiger partial charge >= 0.3 is 5.97 Å². The second-order valence-corrected chi connectivity index (χ2v) is 6.81. The van der Waals surface area contributed by atoms with E-state index < -0.39 is 0 Å². The van der Waals surface area contributed by atoms with Gasteiger partial charge in [-0.3, -0.25) is 4.79 Å². The van der Waals surface area contributed by atoms with E-state index in [1.165, 1.54) is 0 Å². The highest BCUT2D eigenvalue weighted by Gasteiger charge is 2.04. The molecule has 0 radical (unpaired) electrons. The molecule has 0 aliphatic carbocycles. The molecule has 0 amide bonds. The molecule has 0 aromatic heterocycles. The van der Waals surface area contributed by atoms with Crippen molar-refractivity contribution in [3.05, 3.63) is 0 Å². The third-order valence-electron chi connectivity index (χ3n) is 3.20. The van der Waals surface area contributed by atoms with E-state index in [9.17, 15) is 4.79 Å². The lowest BCUT2D eigenvalue weighted by Gasteiger charge is -2.08. The molecule has 150 valence electrons. The van der Waals surface area contributed by atoms with Crippen molar-refractivity contribution in [2.24, 2.45) is 11.8 Å². The summed E-state index contributed by atoms with van der Waals surface area (Å²) in [6, 6.07) is 0. The highest BCUT2D eigenvalue weighted by molar-refractivity contribution is 5.69. The van der Waals surface area contributed by atoms with E-state index in [4.69, 9.17) is 23.7 Å². The van der Waals surface area contributed by atoms with Crippen molar-refractivity contribution >= 4 is 5.97 Å². The number of hydrogen-bond donors (Lipinski definition) is 0. The number of ether oxygens (including phenoxy) is 5.